The Bertz CT molecular complexity index is 1070. The Hall–Kier alpha value is -2.31. The van der Waals surface area contributed by atoms with Crippen molar-refractivity contribution in [1.82, 2.24) is 19.7 Å². The van der Waals surface area contributed by atoms with Crippen LogP contribution in [0.1, 0.15) is 5.82 Å². The fraction of sp³-hybridized carbons (Fsp3) is 0.0714. The Labute approximate surface area is 153 Å². The lowest BCUT2D eigenvalue weighted by atomic mass is 10.2. The molecule has 2 aromatic heterocycles. The standard InChI is InChI=1S/C14H8BrF3N4O3S/c15-10-4-2-1-3-9(10)12-20-13(14(16,17)18)21-22(12)11-6-5-8(7-19-11)26(23,24)25/h1-7H,(H,23,24,25). The molecule has 3 rings (SSSR count). The van der Waals surface area contributed by atoms with E-state index in [1.807, 2.05) is 0 Å². The molecule has 1 N–H and O–H groups in total. The van der Waals surface area contributed by atoms with Gasteiger partial charge in [-0.3, -0.25) is 4.55 Å². The van der Waals surface area contributed by atoms with Crippen molar-refractivity contribution in [1.29, 1.82) is 0 Å². The predicted molar refractivity (Wildman–Crippen MR) is 87.1 cm³/mol. The van der Waals surface area contributed by atoms with Crippen LogP contribution in [0.3, 0.4) is 0 Å². The Morgan fingerprint density at radius 3 is 2.35 bits per heavy atom. The lowest BCUT2D eigenvalue weighted by Gasteiger charge is -2.07. The fourth-order valence-corrected chi connectivity index (χ4v) is 2.95. The quantitative estimate of drug-likeness (QED) is 0.616. The number of hydrogen-bond donors (Lipinski definition) is 1. The normalized spacial score (nSPS) is 12.3. The minimum absolute atomic E-state index is 0.105. The molecule has 0 saturated heterocycles. The van der Waals surface area contributed by atoms with Crippen LogP contribution in [0.15, 0.2) is 52.0 Å². The first-order chi connectivity index (χ1) is 12.1. The number of hydrogen-bond acceptors (Lipinski definition) is 5. The molecule has 12 heteroatoms. The van der Waals surface area contributed by atoms with Crippen LogP contribution in [-0.2, 0) is 16.3 Å². The van der Waals surface area contributed by atoms with Crippen LogP contribution in [-0.4, -0.2) is 32.7 Å². The van der Waals surface area contributed by atoms with Crippen LogP contribution >= 0.6 is 15.9 Å². The fourth-order valence-electron chi connectivity index (χ4n) is 2.06. The first-order valence-corrected chi connectivity index (χ1v) is 9.04. The molecular formula is C14H8BrF3N4O3S. The van der Waals surface area contributed by atoms with Gasteiger partial charge in [0.1, 0.15) is 4.90 Å². The van der Waals surface area contributed by atoms with E-state index in [1.165, 1.54) is 6.07 Å². The van der Waals surface area contributed by atoms with Crippen LogP contribution < -0.4 is 0 Å². The highest BCUT2D eigenvalue weighted by molar-refractivity contribution is 9.10. The lowest BCUT2D eigenvalue weighted by molar-refractivity contribution is -0.144. The van der Waals surface area contributed by atoms with E-state index in [0.29, 0.717) is 10.0 Å². The van der Waals surface area contributed by atoms with Gasteiger partial charge in [-0.05, 0) is 18.2 Å². The first-order valence-electron chi connectivity index (χ1n) is 6.80. The second-order valence-electron chi connectivity index (χ2n) is 4.98. The molecule has 0 fully saturated rings. The maximum atomic E-state index is 13.1. The number of halogens is 4. The molecular weight excluding hydrogens is 441 g/mol. The van der Waals surface area contributed by atoms with E-state index in [0.717, 1.165) is 23.0 Å². The van der Waals surface area contributed by atoms with Crippen LogP contribution in [0.5, 0.6) is 0 Å². The molecule has 0 aliphatic rings. The van der Waals surface area contributed by atoms with Gasteiger partial charge in [0.25, 0.3) is 15.9 Å². The van der Waals surface area contributed by atoms with Gasteiger partial charge in [0.05, 0.1) is 6.20 Å². The molecule has 0 amide bonds. The summed E-state index contributed by atoms with van der Waals surface area (Å²) >= 11 is 3.24. The van der Waals surface area contributed by atoms with Gasteiger partial charge < -0.3 is 0 Å². The van der Waals surface area contributed by atoms with Gasteiger partial charge in [0, 0.05) is 10.0 Å². The lowest BCUT2D eigenvalue weighted by Crippen LogP contribution is -2.09. The number of rotatable bonds is 3. The van der Waals surface area contributed by atoms with E-state index >= 15 is 0 Å². The van der Waals surface area contributed by atoms with Crippen LogP contribution in [0.25, 0.3) is 17.2 Å². The predicted octanol–water partition coefficient (Wildman–Crippen LogP) is 3.36. The number of nitrogens with zero attached hydrogens (tertiary/aromatic N) is 4. The highest BCUT2D eigenvalue weighted by Crippen LogP contribution is 2.32. The highest BCUT2D eigenvalue weighted by Gasteiger charge is 2.37. The average Bonchev–Trinajstić information content (AvgIpc) is 3.00. The van der Waals surface area contributed by atoms with Crippen LogP contribution in [0.4, 0.5) is 13.2 Å². The van der Waals surface area contributed by atoms with E-state index in [9.17, 15) is 21.6 Å². The number of aromatic nitrogens is 4. The highest BCUT2D eigenvalue weighted by atomic mass is 79.9. The molecule has 0 saturated carbocycles. The third-order valence-corrected chi connectivity index (χ3v) is 4.74. The maximum Gasteiger partial charge on any atom is 0.453 e. The molecule has 0 atom stereocenters. The summed E-state index contributed by atoms with van der Waals surface area (Å²) in [7, 11) is -4.48. The van der Waals surface area contributed by atoms with Gasteiger partial charge in [0.2, 0.25) is 0 Å². The third kappa shape index (κ3) is 3.61. The van der Waals surface area contributed by atoms with Gasteiger partial charge in [0.15, 0.2) is 11.6 Å². The monoisotopic (exact) mass is 448 g/mol. The maximum absolute atomic E-state index is 13.1. The van der Waals surface area contributed by atoms with E-state index < -0.39 is 27.0 Å². The van der Waals surface area contributed by atoms with Crippen molar-refractivity contribution in [3.63, 3.8) is 0 Å². The largest absolute Gasteiger partial charge is 0.453 e. The number of alkyl halides is 3. The zero-order valence-corrected chi connectivity index (χ0v) is 14.9. The zero-order valence-electron chi connectivity index (χ0n) is 12.5. The zero-order chi connectivity index (χ0) is 19.1. The molecule has 0 aliphatic heterocycles. The Kier molecular flexibility index (Phi) is 4.58. The molecule has 0 radical (unpaired) electrons. The van der Waals surface area contributed by atoms with Gasteiger partial charge in [-0.1, -0.05) is 34.1 Å². The van der Waals surface area contributed by atoms with E-state index in [4.69, 9.17) is 4.55 Å². The summed E-state index contributed by atoms with van der Waals surface area (Å²) < 4.78 is 71.6. The SMILES string of the molecule is O=S(=O)(O)c1ccc(-n2nc(C(F)(F)F)nc2-c2ccccc2Br)nc1. The summed E-state index contributed by atoms with van der Waals surface area (Å²) in [6, 6.07) is 8.56. The third-order valence-electron chi connectivity index (χ3n) is 3.21. The number of pyridine rings is 1. The molecule has 136 valence electrons. The summed E-state index contributed by atoms with van der Waals surface area (Å²) in [6.07, 6.45) is -3.97. The van der Waals surface area contributed by atoms with Crippen molar-refractivity contribution in [2.24, 2.45) is 0 Å². The summed E-state index contributed by atoms with van der Waals surface area (Å²) in [5.41, 5.74) is 0.330. The molecule has 7 nitrogen and oxygen atoms in total. The number of benzene rings is 1. The second kappa shape index (κ2) is 6.45. The van der Waals surface area contributed by atoms with Crippen molar-refractivity contribution in [3.8, 4) is 17.2 Å². The summed E-state index contributed by atoms with van der Waals surface area (Å²) in [5, 5.41) is 3.45. The first kappa shape index (κ1) is 18.5. The average molecular weight is 449 g/mol. The van der Waals surface area contributed by atoms with Crippen molar-refractivity contribution in [2.45, 2.75) is 11.1 Å². The summed E-state index contributed by atoms with van der Waals surface area (Å²) in [4.78, 5) is 6.81. The van der Waals surface area contributed by atoms with Gasteiger partial charge in [-0.2, -0.15) is 26.3 Å². The minimum atomic E-state index is -4.78. The molecule has 1 aromatic carbocycles. The van der Waals surface area contributed by atoms with Gasteiger partial charge in [-0.15, -0.1) is 5.10 Å². The molecule has 0 spiro atoms. The summed E-state index contributed by atoms with van der Waals surface area (Å²) in [6.45, 7) is 0. The van der Waals surface area contributed by atoms with Crippen LogP contribution in [0, 0.1) is 0 Å². The van der Waals surface area contributed by atoms with Crippen molar-refractivity contribution in [2.75, 3.05) is 0 Å². The minimum Gasteiger partial charge on any atom is -0.282 e. The van der Waals surface area contributed by atoms with E-state index in [1.54, 1.807) is 18.2 Å². The van der Waals surface area contributed by atoms with Gasteiger partial charge in [-0.25, -0.2) is 9.97 Å². The van der Waals surface area contributed by atoms with E-state index in [-0.39, 0.29) is 11.6 Å². The molecule has 26 heavy (non-hydrogen) atoms. The molecule has 0 aliphatic carbocycles. The second-order valence-corrected chi connectivity index (χ2v) is 7.25. The smallest absolute Gasteiger partial charge is 0.282 e. The van der Waals surface area contributed by atoms with Crippen LogP contribution in [0.2, 0.25) is 0 Å². The van der Waals surface area contributed by atoms with E-state index in [2.05, 4.69) is 31.0 Å². The van der Waals surface area contributed by atoms with Crippen molar-refractivity contribution in [3.05, 3.63) is 52.9 Å². The Morgan fingerprint density at radius 1 is 1.12 bits per heavy atom. The Balaban J connectivity index is 2.20. The van der Waals surface area contributed by atoms with Crippen molar-refractivity contribution >= 4 is 26.0 Å². The topological polar surface area (TPSA) is 98.0 Å². The van der Waals surface area contributed by atoms with Crippen molar-refractivity contribution < 1.29 is 26.1 Å². The molecule has 0 unspecified atom stereocenters. The summed E-state index contributed by atoms with van der Waals surface area (Å²) in [5.74, 6) is -1.62. The van der Waals surface area contributed by atoms with Gasteiger partial charge >= 0.3 is 6.18 Å². The molecule has 0 bridgehead atoms. The molecule has 2 heterocycles. The molecule has 3 aromatic rings. The Morgan fingerprint density at radius 2 is 1.81 bits per heavy atom.